The number of aryl methyl sites for hydroxylation is 1. The highest BCUT2D eigenvalue weighted by Crippen LogP contribution is 2.31. The van der Waals surface area contributed by atoms with Crippen molar-refractivity contribution in [3.63, 3.8) is 0 Å². The van der Waals surface area contributed by atoms with Gasteiger partial charge in [-0.05, 0) is 18.6 Å². The van der Waals surface area contributed by atoms with E-state index in [9.17, 15) is 0 Å². The smallest absolute Gasteiger partial charge is 0.143 e. The summed E-state index contributed by atoms with van der Waals surface area (Å²) in [4.78, 5) is 2.37. The number of piperazine rings is 1. The number of ether oxygens (including phenoxy) is 1. The molecule has 88 valence electrons. The van der Waals surface area contributed by atoms with Crippen LogP contribution in [-0.2, 0) is 0 Å². The molecule has 0 radical (unpaired) electrons. The highest BCUT2D eigenvalue weighted by molar-refractivity contribution is 5.66. The summed E-state index contributed by atoms with van der Waals surface area (Å²) in [5, 5.41) is 3.35. The average molecular weight is 221 g/mol. The van der Waals surface area contributed by atoms with Crippen LogP contribution in [0, 0.1) is 6.92 Å². The van der Waals surface area contributed by atoms with Gasteiger partial charge in [0.2, 0.25) is 0 Å². The molecule has 0 spiro atoms. The molecule has 0 amide bonds. The zero-order valence-electron chi connectivity index (χ0n) is 9.92. The van der Waals surface area contributed by atoms with Crippen LogP contribution in [-0.4, -0.2) is 33.3 Å². The van der Waals surface area contributed by atoms with E-state index in [1.165, 1.54) is 11.3 Å². The minimum Gasteiger partial charge on any atom is -0.495 e. The first-order valence-corrected chi connectivity index (χ1v) is 5.62. The lowest BCUT2D eigenvalue weighted by atomic mass is 10.1. The Morgan fingerprint density at radius 2 is 2.00 bits per heavy atom. The monoisotopic (exact) mass is 221 g/mol. The second-order valence-electron chi connectivity index (χ2n) is 4.12. The van der Waals surface area contributed by atoms with Crippen molar-refractivity contribution in [2.75, 3.05) is 43.9 Å². The predicted molar refractivity (Wildman–Crippen MR) is 67.2 cm³/mol. The predicted octanol–water partition coefficient (Wildman–Crippen LogP) is 0.995. The Hall–Kier alpha value is -1.42. The van der Waals surface area contributed by atoms with Gasteiger partial charge in [-0.25, -0.2) is 0 Å². The number of methoxy groups -OCH3 is 1. The van der Waals surface area contributed by atoms with Gasteiger partial charge in [0, 0.05) is 37.9 Å². The Balaban J connectivity index is 2.31. The fraction of sp³-hybridized carbons (Fsp3) is 0.500. The van der Waals surface area contributed by atoms with E-state index >= 15 is 0 Å². The van der Waals surface area contributed by atoms with Crippen LogP contribution in [0.2, 0.25) is 0 Å². The molecule has 0 saturated carbocycles. The Kier molecular flexibility index (Phi) is 3.19. The maximum atomic E-state index is 5.87. The molecule has 0 bridgehead atoms. The number of benzene rings is 1. The SMILES string of the molecule is COc1cc(N2CCNCC2)c(C)cc1N. The van der Waals surface area contributed by atoms with E-state index in [1.54, 1.807) is 7.11 Å². The van der Waals surface area contributed by atoms with E-state index in [1.807, 2.05) is 12.1 Å². The molecular weight excluding hydrogens is 202 g/mol. The fourth-order valence-corrected chi connectivity index (χ4v) is 2.12. The van der Waals surface area contributed by atoms with Crippen LogP contribution in [0.3, 0.4) is 0 Å². The Bertz CT molecular complexity index is 373. The summed E-state index contributed by atoms with van der Waals surface area (Å²) in [6.07, 6.45) is 0. The number of hydrogen-bond acceptors (Lipinski definition) is 4. The van der Waals surface area contributed by atoms with Crippen LogP contribution in [0.25, 0.3) is 0 Å². The number of nitrogens with zero attached hydrogens (tertiary/aromatic N) is 1. The Morgan fingerprint density at radius 3 is 2.62 bits per heavy atom. The van der Waals surface area contributed by atoms with Gasteiger partial charge in [-0.1, -0.05) is 0 Å². The first kappa shape index (κ1) is 11.1. The van der Waals surface area contributed by atoms with Gasteiger partial charge in [-0.15, -0.1) is 0 Å². The molecule has 1 aromatic carbocycles. The molecule has 1 fully saturated rings. The summed E-state index contributed by atoms with van der Waals surface area (Å²) in [5.41, 5.74) is 9.02. The van der Waals surface area contributed by atoms with Gasteiger partial charge in [0.15, 0.2) is 0 Å². The van der Waals surface area contributed by atoms with Crippen LogP contribution < -0.4 is 20.7 Å². The van der Waals surface area contributed by atoms with E-state index in [0.29, 0.717) is 5.69 Å². The van der Waals surface area contributed by atoms with Crippen LogP contribution in [0.1, 0.15) is 5.56 Å². The molecule has 1 aliphatic rings. The third-order valence-corrected chi connectivity index (χ3v) is 3.01. The fourth-order valence-electron chi connectivity index (χ4n) is 2.12. The van der Waals surface area contributed by atoms with Crippen LogP contribution >= 0.6 is 0 Å². The van der Waals surface area contributed by atoms with E-state index in [2.05, 4.69) is 17.1 Å². The van der Waals surface area contributed by atoms with Gasteiger partial charge in [-0.2, -0.15) is 0 Å². The van der Waals surface area contributed by atoms with Gasteiger partial charge in [-0.3, -0.25) is 0 Å². The summed E-state index contributed by atoms with van der Waals surface area (Å²) in [6.45, 7) is 6.23. The van der Waals surface area contributed by atoms with Crippen molar-refractivity contribution in [3.8, 4) is 5.75 Å². The van der Waals surface area contributed by atoms with E-state index in [-0.39, 0.29) is 0 Å². The average Bonchev–Trinajstić information content (AvgIpc) is 2.30. The first-order valence-electron chi connectivity index (χ1n) is 5.62. The number of rotatable bonds is 2. The number of nitrogens with one attached hydrogen (secondary N) is 1. The van der Waals surface area contributed by atoms with Gasteiger partial charge in [0.25, 0.3) is 0 Å². The van der Waals surface area contributed by atoms with Gasteiger partial charge in [0.05, 0.1) is 12.8 Å². The lowest BCUT2D eigenvalue weighted by Crippen LogP contribution is -2.43. The van der Waals surface area contributed by atoms with Crippen molar-refractivity contribution in [2.24, 2.45) is 0 Å². The molecule has 2 rings (SSSR count). The van der Waals surface area contributed by atoms with Crippen LogP contribution in [0.4, 0.5) is 11.4 Å². The van der Waals surface area contributed by atoms with E-state index < -0.39 is 0 Å². The van der Waals surface area contributed by atoms with Crippen molar-refractivity contribution >= 4 is 11.4 Å². The third-order valence-electron chi connectivity index (χ3n) is 3.01. The van der Waals surface area contributed by atoms with Crippen molar-refractivity contribution < 1.29 is 4.74 Å². The van der Waals surface area contributed by atoms with Crippen LogP contribution in [0.15, 0.2) is 12.1 Å². The normalized spacial score (nSPS) is 16.2. The number of hydrogen-bond donors (Lipinski definition) is 2. The molecule has 0 aromatic heterocycles. The number of nitrogens with two attached hydrogens (primary N) is 1. The molecule has 0 unspecified atom stereocenters. The minimum atomic E-state index is 0.707. The standard InChI is InChI=1S/C12H19N3O/c1-9-7-10(13)12(16-2)8-11(9)15-5-3-14-4-6-15/h7-8,14H,3-6,13H2,1-2H3. The zero-order chi connectivity index (χ0) is 11.5. The lowest BCUT2D eigenvalue weighted by molar-refractivity contribution is 0.416. The summed E-state index contributed by atoms with van der Waals surface area (Å²) in [7, 11) is 1.66. The van der Waals surface area contributed by atoms with E-state index in [4.69, 9.17) is 10.5 Å². The van der Waals surface area contributed by atoms with Crippen LogP contribution in [0.5, 0.6) is 5.75 Å². The van der Waals surface area contributed by atoms with Gasteiger partial charge < -0.3 is 20.7 Å². The highest BCUT2D eigenvalue weighted by Gasteiger charge is 2.14. The summed E-state index contributed by atoms with van der Waals surface area (Å²) in [5.74, 6) is 0.763. The molecule has 3 N–H and O–H groups in total. The molecule has 0 atom stereocenters. The molecule has 1 heterocycles. The van der Waals surface area contributed by atoms with Gasteiger partial charge >= 0.3 is 0 Å². The van der Waals surface area contributed by atoms with E-state index in [0.717, 1.165) is 31.9 Å². The Labute approximate surface area is 96.4 Å². The minimum absolute atomic E-state index is 0.707. The summed E-state index contributed by atoms with van der Waals surface area (Å²) < 4.78 is 5.26. The highest BCUT2D eigenvalue weighted by atomic mass is 16.5. The van der Waals surface area contributed by atoms with Gasteiger partial charge in [0.1, 0.15) is 5.75 Å². The number of nitrogen functional groups attached to an aromatic ring is 1. The summed E-state index contributed by atoms with van der Waals surface area (Å²) in [6, 6.07) is 4.02. The number of anilines is 2. The van der Waals surface area contributed by atoms with Crippen molar-refractivity contribution in [1.29, 1.82) is 0 Å². The second kappa shape index (κ2) is 4.61. The third kappa shape index (κ3) is 2.07. The largest absolute Gasteiger partial charge is 0.495 e. The maximum absolute atomic E-state index is 5.87. The molecule has 0 aliphatic carbocycles. The molecule has 1 aliphatic heterocycles. The van der Waals surface area contributed by atoms with Crippen molar-refractivity contribution in [2.45, 2.75) is 6.92 Å². The molecule has 4 nitrogen and oxygen atoms in total. The molecule has 1 saturated heterocycles. The second-order valence-corrected chi connectivity index (χ2v) is 4.12. The molecule has 16 heavy (non-hydrogen) atoms. The quantitative estimate of drug-likeness (QED) is 0.731. The van der Waals surface area contributed by atoms with Crippen molar-refractivity contribution in [1.82, 2.24) is 5.32 Å². The topological polar surface area (TPSA) is 50.5 Å². The van der Waals surface area contributed by atoms with Crippen molar-refractivity contribution in [3.05, 3.63) is 17.7 Å². The first-order chi connectivity index (χ1) is 7.72. The lowest BCUT2D eigenvalue weighted by Gasteiger charge is -2.31. The maximum Gasteiger partial charge on any atom is 0.143 e. The summed E-state index contributed by atoms with van der Waals surface area (Å²) >= 11 is 0. The molecule has 1 aromatic rings. The molecular formula is C12H19N3O. The molecule has 4 heteroatoms. The zero-order valence-corrected chi connectivity index (χ0v) is 9.92. The Morgan fingerprint density at radius 1 is 1.31 bits per heavy atom.